The molecular weight excluding hydrogens is 439 g/mol. The van der Waals surface area contributed by atoms with Crippen LogP contribution in [-0.4, -0.2) is 43.8 Å². The number of H-pyrrole nitrogens is 2. The van der Waals surface area contributed by atoms with Crippen LogP contribution in [0, 0.1) is 0 Å². The normalized spacial score (nSPS) is 12.2. The van der Waals surface area contributed by atoms with Gasteiger partial charge in [0.05, 0.1) is 22.8 Å². The Kier molecular flexibility index (Phi) is 4.74. The van der Waals surface area contributed by atoms with Gasteiger partial charge in [-0.05, 0) is 78.8 Å². The van der Waals surface area contributed by atoms with Crippen LogP contribution in [0.5, 0.6) is 0 Å². The van der Waals surface area contributed by atoms with Gasteiger partial charge in [-0.2, -0.15) is 0 Å². The van der Waals surface area contributed by atoms with Crippen LogP contribution >= 0.6 is 0 Å². The van der Waals surface area contributed by atoms with Crippen LogP contribution in [0.2, 0.25) is 0 Å². The van der Waals surface area contributed by atoms with Gasteiger partial charge in [-0.3, -0.25) is 0 Å². The van der Waals surface area contributed by atoms with Gasteiger partial charge in [0.15, 0.2) is 0 Å². The smallest absolute Gasteiger partial charge is 0.0659 e. The second kappa shape index (κ2) is 7.19. The van der Waals surface area contributed by atoms with E-state index >= 15 is 0 Å². The maximum Gasteiger partial charge on any atom is 0.0659 e. The number of hydrogen-bond donors (Lipinski definition) is 2. The molecule has 2 aliphatic heterocycles. The van der Waals surface area contributed by atoms with Crippen molar-refractivity contribution in [3.63, 3.8) is 0 Å². The Hall–Kier alpha value is -2.60. The largest absolute Gasteiger partial charge is 0.355 e. The van der Waals surface area contributed by atoms with E-state index in [1.165, 1.54) is 5.56 Å². The van der Waals surface area contributed by atoms with E-state index in [1.807, 2.05) is 30.4 Å². The van der Waals surface area contributed by atoms with E-state index in [-0.39, 0.29) is 23.9 Å². The Balaban J connectivity index is 0.00000180. The van der Waals surface area contributed by atoms with Crippen molar-refractivity contribution in [1.82, 2.24) is 19.9 Å². The zero-order chi connectivity index (χ0) is 17.5. The summed E-state index contributed by atoms with van der Waals surface area (Å²) in [5, 5.41) is 0. The second-order valence-corrected chi connectivity index (χ2v) is 6.55. The van der Waals surface area contributed by atoms with Gasteiger partial charge in [-0.15, -0.1) is 0 Å². The van der Waals surface area contributed by atoms with Crippen LogP contribution in [0.1, 0.15) is 35.3 Å². The first kappa shape index (κ1) is 17.8. The number of nitrogens with zero attached hydrogens (tertiary/aromatic N) is 2. The minimum Gasteiger partial charge on any atom is -0.355 e. The quantitative estimate of drug-likeness (QED) is 0.354. The molecule has 5 heterocycles. The molecule has 2 aliphatic rings. The third-order valence-electron chi connectivity index (χ3n) is 4.64. The van der Waals surface area contributed by atoms with Crippen molar-refractivity contribution in [3.8, 4) is 0 Å². The molecule has 4 radical (unpaired) electrons. The molecule has 3 aromatic rings. The zero-order valence-electron chi connectivity index (χ0n) is 15.0. The Labute approximate surface area is 174 Å². The first-order valence-electron chi connectivity index (χ1n) is 8.82. The summed E-state index contributed by atoms with van der Waals surface area (Å²) in [5.41, 5.74) is 9.31. The molecule has 2 N–H and O–H groups in total. The van der Waals surface area contributed by atoms with E-state index < -0.39 is 0 Å². The van der Waals surface area contributed by atoms with Crippen LogP contribution in [0.15, 0.2) is 42.5 Å². The first-order valence-corrected chi connectivity index (χ1v) is 8.82. The Morgan fingerprint density at radius 2 is 1.26 bits per heavy atom. The summed E-state index contributed by atoms with van der Waals surface area (Å²) >= 11 is 0. The molecule has 0 aromatic carbocycles. The van der Waals surface area contributed by atoms with Crippen molar-refractivity contribution in [2.45, 2.75) is 13.3 Å². The van der Waals surface area contributed by atoms with E-state index in [4.69, 9.17) is 4.98 Å². The number of nitrogens with one attached hydrogen (secondary N) is 2. The van der Waals surface area contributed by atoms with Gasteiger partial charge in [0.25, 0.3) is 0 Å². The number of hydrogen-bond acceptors (Lipinski definition) is 2. The second-order valence-electron chi connectivity index (χ2n) is 6.55. The average Bonchev–Trinajstić information content (AvgIpc) is 3.39. The third-order valence-corrected chi connectivity index (χ3v) is 4.64. The summed E-state index contributed by atoms with van der Waals surface area (Å²) in [5.74, 6) is 0. The number of rotatable bonds is 1. The summed E-state index contributed by atoms with van der Waals surface area (Å²) in [6, 6.07) is 14.7. The molecule has 0 aliphatic carbocycles. The fourth-order valence-corrected chi connectivity index (χ4v) is 3.37. The molecule has 5 rings (SSSR count). The number of fused-ring (bicyclic) bond motifs is 8. The SMILES string of the molecule is CCc1cc2cc3ccc(cc4nc(cc5nc(cc1[nH]2)C=C5)C=C4)[nH]3.[Sn]. The van der Waals surface area contributed by atoms with E-state index in [0.717, 1.165) is 51.3 Å². The molecule has 5 heteroatoms. The van der Waals surface area contributed by atoms with Gasteiger partial charge < -0.3 is 9.97 Å². The van der Waals surface area contributed by atoms with Gasteiger partial charge in [0.2, 0.25) is 0 Å². The topological polar surface area (TPSA) is 57.4 Å². The fraction of sp³-hybridized carbons (Fsp3) is 0.0909. The van der Waals surface area contributed by atoms with Crippen molar-refractivity contribution in [2.24, 2.45) is 0 Å². The van der Waals surface area contributed by atoms with Crippen molar-refractivity contribution in [1.29, 1.82) is 0 Å². The number of aromatic nitrogens is 4. The van der Waals surface area contributed by atoms with Crippen molar-refractivity contribution in [2.75, 3.05) is 0 Å². The van der Waals surface area contributed by atoms with Crippen LogP contribution in [0.25, 0.3) is 46.4 Å². The predicted molar refractivity (Wildman–Crippen MR) is 114 cm³/mol. The summed E-state index contributed by atoms with van der Waals surface area (Å²) in [7, 11) is 0. The van der Waals surface area contributed by atoms with Gasteiger partial charge in [-0.25, -0.2) is 9.97 Å². The fourth-order valence-electron chi connectivity index (χ4n) is 3.37. The molecule has 0 fully saturated rings. The first-order chi connectivity index (χ1) is 12.7. The zero-order valence-corrected chi connectivity index (χ0v) is 17.8. The van der Waals surface area contributed by atoms with Gasteiger partial charge >= 0.3 is 0 Å². The molecule has 130 valence electrons. The van der Waals surface area contributed by atoms with Gasteiger partial charge in [-0.1, -0.05) is 6.92 Å². The van der Waals surface area contributed by atoms with E-state index in [9.17, 15) is 0 Å². The van der Waals surface area contributed by atoms with Gasteiger partial charge in [0.1, 0.15) is 0 Å². The van der Waals surface area contributed by atoms with E-state index in [0.29, 0.717) is 0 Å². The standard InChI is InChI=1S/C22H18N4.Sn/c1-2-14-9-21-12-19-6-5-17(24-19)10-15-3-4-16(23-15)11-18-7-8-20(25-18)13-22(14)26-21;/h3-13,24,26H,2H2,1H3;. The molecule has 0 saturated carbocycles. The van der Waals surface area contributed by atoms with Crippen LogP contribution in [-0.2, 0) is 6.42 Å². The van der Waals surface area contributed by atoms with E-state index in [1.54, 1.807) is 0 Å². The molecule has 8 bridgehead atoms. The Morgan fingerprint density at radius 1 is 0.667 bits per heavy atom. The molecule has 27 heavy (non-hydrogen) atoms. The monoisotopic (exact) mass is 458 g/mol. The molecule has 0 unspecified atom stereocenters. The van der Waals surface area contributed by atoms with E-state index in [2.05, 4.69) is 58.3 Å². The molecular formula is C22H18N4Sn. The molecule has 0 saturated heterocycles. The van der Waals surface area contributed by atoms with Crippen LogP contribution in [0.4, 0.5) is 0 Å². The summed E-state index contributed by atoms with van der Waals surface area (Å²) in [4.78, 5) is 16.3. The average molecular weight is 457 g/mol. The Bertz CT molecular complexity index is 1230. The van der Waals surface area contributed by atoms with Crippen molar-refractivity contribution in [3.05, 3.63) is 70.8 Å². The van der Waals surface area contributed by atoms with Crippen LogP contribution in [0.3, 0.4) is 0 Å². The predicted octanol–water partition coefficient (Wildman–Crippen LogP) is 4.84. The molecule has 3 aromatic heterocycles. The molecule has 0 spiro atoms. The summed E-state index contributed by atoms with van der Waals surface area (Å²) < 4.78 is 0. The van der Waals surface area contributed by atoms with Gasteiger partial charge in [0, 0.05) is 46.0 Å². The Morgan fingerprint density at radius 3 is 1.93 bits per heavy atom. The number of aromatic amines is 2. The van der Waals surface area contributed by atoms with Crippen molar-refractivity contribution >= 4 is 70.3 Å². The molecule has 0 amide bonds. The maximum absolute atomic E-state index is 4.70. The maximum atomic E-state index is 4.70. The minimum atomic E-state index is 0. The molecule has 0 atom stereocenters. The molecule has 4 nitrogen and oxygen atoms in total. The minimum absolute atomic E-state index is 0. The summed E-state index contributed by atoms with van der Waals surface area (Å²) in [6.45, 7) is 2.17. The number of aryl methyl sites for hydroxylation is 1. The van der Waals surface area contributed by atoms with Crippen molar-refractivity contribution < 1.29 is 0 Å². The third kappa shape index (κ3) is 3.62. The van der Waals surface area contributed by atoms with Crippen LogP contribution < -0.4 is 0 Å². The summed E-state index contributed by atoms with van der Waals surface area (Å²) in [6.07, 6.45) is 9.08.